The predicted molar refractivity (Wildman–Crippen MR) is 117 cm³/mol. The highest BCUT2D eigenvalue weighted by Gasteiger charge is 2.44. The van der Waals surface area contributed by atoms with Gasteiger partial charge in [0, 0.05) is 17.2 Å². The lowest BCUT2D eigenvalue weighted by molar-refractivity contribution is -0.378. The van der Waals surface area contributed by atoms with Gasteiger partial charge in [0.25, 0.3) is 5.91 Å². The Morgan fingerprint density at radius 2 is 1.82 bits per heavy atom. The SMILES string of the molecule is CCCOc1ccc(C2/C(=C(\[O-])c3ccc(F)cc3)C(=O)C(=O)N2Cc2ccc[nH+]c2)cc1. The molecule has 1 aromatic heterocycles. The number of ketones is 1. The summed E-state index contributed by atoms with van der Waals surface area (Å²) in [7, 11) is 0. The number of Topliss-reactive ketones (excluding diaryl/α,β-unsaturated/α-hetero) is 1. The minimum atomic E-state index is -0.872. The second-order valence-corrected chi connectivity index (χ2v) is 7.74. The summed E-state index contributed by atoms with van der Waals surface area (Å²) in [5.41, 5.74) is 1.40. The Kier molecular flexibility index (Phi) is 6.49. The number of nitrogens with one attached hydrogen (secondary N) is 1. The predicted octanol–water partition coefficient (Wildman–Crippen LogP) is 2.85. The zero-order chi connectivity index (χ0) is 23.4. The molecule has 0 radical (unpaired) electrons. The summed E-state index contributed by atoms with van der Waals surface area (Å²) in [5, 5.41) is 13.3. The minimum Gasteiger partial charge on any atom is -0.872 e. The highest BCUT2D eigenvalue weighted by Crippen LogP contribution is 2.40. The van der Waals surface area contributed by atoms with Crippen molar-refractivity contribution >= 4 is 17.4 Å². The number of carbonyl (C=O) groups is 2. The maximum absolute atomic E-state index is 13.4. The molecule has 1 aliphatic heterocycles. The second-order valence-electron chi connectivity index (χ2n) is 7.74. The summed E-state index contributed by atoms with van der Waals surface area (Å²) in [6, 6.07) is 14.7. The van der Waals surface area contributed by atoms with Gasteiger partial charge in [-0.15, -0.1) is 0 Å². The van der Waals surface area contributed by atoms with Crippen molar-refractivity contribution in [2.24, 2.45) is 0 Å². The highest BCUT2D eigenvalue weighted by atomic mass is 19.1. The number of benzene rings is 2. The highest BCUT2D eigenvalue weighted by molar-refractivity contribution is 6.46. The van der Waals surface area contributed by atoms with Gasteiger partial charge in [-0.1, -0.05) is 36.9 Å². The summed E-state index contributed by atoms with van der Waals surface area (Å²) < 4.78 is 19.0. The maximum Gasteiger partial charge on any atom is 0.295 e. The van der Waals surface area contributed by atoms with Gasteiger partial charge in [0.2, 0.25) is 5.78 Å². The van der Waals surface area contributed by atoms with Crippen LogP contribution in [0.25, 0.3) is 5.76 Å². The molecule has 1 unspecified atom stereocenters. The molecule has 3 aromatic rings. The molecule has 0 bridgehead atoms. The van der Waals surface area contributed by atoms with Gasteiger partial charge in [-0.3, -0.25) is 9.59 Å². The number of pyridine rings is 1. The van der Waals surface area contributed by atoms with Crippen LogP contribution in [0.5, 0.6) is 5.75 Å². The first-order chi connectivity index (χ1) is 16.0. The lowest BCUT2D eigenvalue weighted by Crippen LogP contribution is -2.29. The first-order valence-corrected chi connectivity index (χ1v) is 10.7. The molecule has 2 heterocycles. The zero-order valence-electron chi connectivity index (χ0n) is 18.1. The van der Waals surface area contributed by atoms with E-state index in [1.165, 1.54) is 17.0 Å². The molecular formula is C26H23FN2O4. The molecule has 1 N–H and O–H groups in total. The zero-order valence-corrected chi connectivity index (χ0v) is 18.1. The number of carbonyl (C=O) groups excluding carboxylic acids is 2. The molecule has 0 aliphatic carbocycles. The van der Waals surface area contributed by atoms with Crippen LogP contribution in [0, 0.1) is 5.82 Å². The van der Waals surface area contributed by atoms with Gasteiger partial charge in [-0.2, -0.15) is 0 Å². The van der Waals surface area contributed by atoms with E-state index in [0.717, 1.165) is 24.1 Å². The summed E-state index contributed by atoms with van der Waals surface area (Å²) >= 11 is 0. The third-order valence-electron chi connectivity index (χ3n) is 5.43. The fourth-order valence-corrected chi connectivity index (χ4v) is 3.83. The van der Waals surface area contributed by atoms with E-state index < -0.39 is 29.3 Å². The molecule has 168 valence electrons. The second kappa shape index (κ2) is 9.65. The Morgan fingerprint density at radius 1 is 1.09 bits per heavy atom. The fourth-order valence-electron chi connectivity index (χ4n) is 3.83. The molecule has 4 rings (SSSR count). The number of likely N-dealkylation sites (tertiary alicyclic amines) is 1. The number of rotatable bonds is 7. The van der Waals surface area contributed by atoms with E-state index in [4.69, 9.17) is 4.74 Å². The molecule has 6 nitrogen and oxygen atoms in total. The molecule has 1 atom stereocenters. The fraction of sp³-hybridized carbons (Fsp3) is 0.192. The monoisotopic (exact) mass is 446 g/mol. The first kappa shape index (κ1) is 22.2. The van der Waals surface area contributed by atoms with E-state index in [-0.39, 0.29) is 17.7 Å². The number of aromatic amines is 1. The van der Waals surface area contributed by atoms with Crippen molar-refractivity contribution in [1.29, 1.82) is 0 Å². The Hall–Kier alpha value is -4.00. The van der Waals surface area contributed by atoms with E-state index >= 15 is 0 Å². The number of aromatic nitrogens is 1. The Morgan fingerprint density at radius 3 is 2.45 bits per heavy atom. The van der Waals surface area contributed by atoms with Crippen LogP contribution in [0.1, 0.15) is 36.1 Å². The molecule has 1 amide bonds. The number of H-pyrrole nitrogens is 1. The summed E-state index contributed by atoms with van der Waals surface area (Å²) in [5.74, 6) is -2.02. The Bertz CT molecular complexity index is 1180. The first-order valence-electron chi connectivity index (χ1n) is 10.7. The van der Waals surface area contributed by atoms with Gasteiger partial charge in [-0.25, -0.2) is 9.37 Å². The molecule has 7 heteroatoms. The summed E-state index contributed by atoms with van der Waals surface area (Å²) in [6.45, 7) is 2.71. The topological polar surface area (TPSA) is 83.8 Å². The van der Waals surface area contributed by atoms with Crippen molar-refractivity contribution in [1.82, 2.24) is 4.90 Å². The van der Waals surface area contributed by atoms with Crippen LogP contribution >= 0.6 is 0 Å². The molecule has 0 saturated carbocycles. The van der Waals surface area contributed by atoms with Crippen LogP contribution in [0.2, 0.25) is 0 Å². The van der Waals surface area contributed by atoms with Crippen molar-refractivity contribution in [3.05, 3.63) is 101 Å². The standard InChI is InChI=1S/C26H23FN2O4/c1-2-14-33-21-11-7-18(8-12-21)23-22(24(30)19-5-9-20(27)10-6-19)25(31)26(32)29(23)16-17-4-3-13-28-15-17/h3-13,15,23,30H,2,14,16H2,1H3/b24-22+. The normalized spacial score (nSPS) is 17.4. The summed E-state index contributed by atoms with van der Waals surface area (Å²) in [6.07, 6.45) is 4.33. The average Bonchev–Trinajstić information content (AvgIpc) is 3.08. The largest absolute Gasteiger partial charge is 0.872 e. The third kappa shape index (κ3) is 4.62. The van der Waals surface area contributed by atoms with E-state index in [1.54, 1.807) is 42.7 Å². The van der Waals surface area contributed by atoms with Gasteiger partial charge in [0.1, 0.15) is 11.6 Å². The lowest BCUT2D eigenvalue weighted by Gasteiger charge is -2.27. The van der Waals surface area contributed by atoms with E-state index in [0.29, 0.717) is 17.9 Å². The van der Waals surface area contributed by atoms with Gasteiger partial charge in [0.05, 0.1) is 19.2 Å². The van der Waals surface area contributed by atoms with Crippen LogP contribution in [-0.2, 0) is 16.1 Å². The number of ether oxygens (including phenoxy) is 1. The van der Waals surface area contributed by atoms with Gasteiger partial charge >= 0.3 is 0 Å². The smallest absolute Gasteiger partial charge is 0.295 e. The number of hydrogen-bond acceptors (Lipinski definition) is 4. The van der Waals surface area contributed by atoms with Gasteiger partial charge < -0.3 is 14.7 Å². The average molecular weight is 446 g/mol. The van der Waals surface area contributed by atoms with Crippen LogP contribution in [0.3, 0.4) is 0 Å². The van der Waals surface area contributed by atoms with Crippen molar-refractivity contribution in [2.45, 2.75) is 25.9 Å². The number of nitrogens with zero attached hydrogens (tertiary/aromatic N) is 1. The maximum atomic E-state index is 13.4. The minimum absolute atomic E-state index is 0.140. The molecule has 0 spiro atoms. The number of hydrogen-bond donors (Lipinski definition) is 0. The Labute approximate surface area is 191 Å². The van der Waals surface area contributed by atoms with Crippen LogP contribution in [-0.4, -0.2) is 23.2 Å². The van der Waals surface area contributed by atoms with Crippen LogP contribution in [0.4, 0.5) is 4.39 Å². The molecule has 1 fully saturated rings. The Balaban J connectivity index is 1.80. The molecule has 1 saturated heterocycles. The van der Waals surface area contributed by atoms with Gasteiger partial charge in [-0.05, 0) is 47.9 Å². The van der Waals surface area contributed by atoms with Crippen molar-refractivity contribution in [3.63, 3.8) is 0 Å². The quantitative estimate of drug-likeness (QED) is 0.317. The van der Waals surface area contributed by atoms with E-state index in [1.807, 2.05) is 13.0 Å². The van der Waals surface area contributed by atoms with Crippen LogP contribution < -0.4 is 14.8 Å². The number of halogens is 1. The third-order valence-corrected chi connectivity index (χ3v) is 5.43. The molecule has 2 aromatic carbocycles. The van der Waals surface area contributed by atoms with Crippen molar-refractivity contribution in [3.8, 4) is 5.75 Å². The lowest BCUT2D eigenvalue weighted by atomic mass is 9.95. The van der Waals surface area contributed by atoms with E-state index in [2.05, 4.69) is 4.98 Å². The van der Waals surface area contributed by atoms with Crippen molar-refractivity contribution in [2.75, 3.05) is 6.61 Å². The molecule has 1 aliphatic rings. The molecular weight excluding hydrogens is 423 g/mol. The number of amides is 1. The van der Waals surface area contributed by atoms with Gasteiger partial charge in [0.15, 0.2) is 12.4 Å². The van der Waals surface area contributed by atoms with E-state index in [9.17, 15) is 19.1 Å². The van der Waals surface area contributed by atoms with Crippen LogP contribution in [0.15, 0.2) is 78.6 Å². The van der Waals surface area contributed by atoms with Crippen molar-refractivity contribution < 1.29 is 28.8 Å². The summed E-state index contributed by atoms with van der Waals surface area (Å²) in [4.78, 5) is 30.4. The molecule has 33 heavy (non-hydrogen) atoms.